The first kappa shape index (κ1) is 14.3. The van der Waals surface area contributed by atoms with Gasteiger partial charge >= 0.3 is 6.18 Å². The normalized spacial score (nSPS) is 13.0. The van der Waals surface area contributed by atoms with Gasteiger partial charge in [-0.05, 0) is 19.1 Å². The van der Waals surface area contributed by atoms with Gasteiger partial charge in [0.05, 0.1) is 5.56 Å². The maximum Gasteiger partial charge on any atom is 0.419 e. The van der Waals surface area contributed by atoms with Gasteiger partial charge in [0.25, 0.3) is 5.91 Å². The van der Waals surface area contributed by atoms with E-state index in [1.54, 1.807) is 0 Å². The summed E-state index contributed by atoms with van der Waals surface area (Å²) in [5.74, 6) is -0.736. The van der Waals surface area contributed by atoms with E-state index in [0.29, 0.717) is 0 Å². The molecule has 100 valence electrons. The van der Waals surface area contributed by atoms with E-state index in [4.69, 9.17) is 4.74 Å². The summed E-state index contributed by atoms with van der Waals surface area (Å²) in [4.78, 5) is 12.8. The molecule has 3 nitrogen and oxygen atoms in total. The van der Waals surface area contributed by atoms with Crippen LogP contribution >= 0.6 is 0 Å². The topological polar surface area (TPSA) is 29.5 Å². The Morgan fingerprint density at radius 2 is 1.83 bits per heavy atom. The van der Waals surface area contributed by atoms with E-state index in [9.17, 15) is 18.0 Å². The number of alkyl halides is 3. The number of rotatable bonds is 3. The number of likely N-dealkylation sites (N-methyl/N-ethyl adjacent to an activating group) is 1. The van der Waals surface area contributed by atoms with Crippen molar-refractivity contribution in [3.63, 3.8) is 0 Å². The van der Waals surface area contributed by atoms with Crippen LogP contribution in [0, 0.1) is 0 Å². The number of amides is 1. The van der Waals surface area contributed by atoms with E-state index in [2.05, 4.69) is 0 Å². The van der Waals surface area contributed by atoms with E-state index in [-0.39, 0.29) is 5.75 Å². The predicted molar refractivity (Wildman–Crippen MR) is 60.2 cm³/mol. The molecule has 1 amide bonds. The van der Waals surface area contributed by atoms with E-state index in [1.165, 1.54) is 44.1 Å². The van der Waals surface area contributed by atoms with E-state index in [0.717, 1.165) is 6.07 Å². The minimum Gasteiger partial charge on any atom is -0.480 e. The number of carbonyl (C=O) groups excluding carboxylic acids is 1. The summed E-state index contributed by atoms with van der Waals surface area (Å²) >= 11 is 0. The Labute approximate surface area is 103 Å². The van der Waals surface area contributed by atoms with E-state index < -0.39 is 23.8 Å². The zero-order chi connectivity index (χ0) is 13.9. The van der Waals surface area contributed by atoms with Gasteiger partial charge < -0.3 is 9.64 Å². The molecule has 1 atom stereocenters. The second kappa shape index (κ2) is 5.29. The second-order valence-electron chi connectivity index (χ2n) is 3.99. The summed E-state index contributed by atoms with van der Waals surface area (Å²) in [6, 6.07) is 4.82. The molecule has 18 heavy (non-hydrogen) atoms. The number of para-hydroxylation sites is 1. The van der Waals surface area contributed by atoms with Crippen molar-refractivity contribution in [2.24, 2.45) is 0 Å². The molecule has 0 bridgehead atoms. The van der Waals surface area contributed by atoms with Crippen LogP contribution in [0.2, 0.25) is 0 Å². The maximum absolute atomic E-state index is 12.7. The number of carbonyl (C=O) groups is 1. The van der Waals surface area contributed by atoms with Gasteiger partial charge in [0.2, 0.25) is 0 Å². The fourth-order valence-electron chi connectivity index (χ4n) is 1.41. The third kappa shape index (κ3) is 3.38. The van der Waals surface area contributed by atoms with Crippen LogP contribution in [-0.2, 0) is 11.0 Å². The molecule has 0 aromatic heterocycles. The molecule has 1 aromatic rings. The van der Waals surface area contributed by atoms with Gasteiger partial charge in [0, 0.05) is 14.1 Å². The first-order valence-corrected chi connectivity index (χ1v) is 5.27. The Morgan fingerprint density at radius 3 is 2.33 bits per heavy atom. The van der Waals surface area contributed by atoms with Crippen LogP contribution in [0.3, 0.4) is 0 Å². The molecule has 0 aliphatic heterocycles. The summed E-state index contributed by atoms with van der Waals surface area (Å²) in [5, 5.41) is 0. The van der Waals surface area contributed by atoms with E-state index in [1.807, 2.05) is 0 Å². The molecular weight excluding hydrogens is 247 g/mol. The van der Waals surface area contributed by atoms with Crippen LogP contribution in [0.4, 0.5) is 13.2 Å². The van der Waals surface area contributed by atoms with Gasteiger partial charge in [-0.3, -0.25) is 4.79 Å². The fraction of sp³-hybridized carbons (Fsp3) is 0.417. The third-order valence-corrected chi connectivity index (χ3v) is 2.28. The van der Waals surface area contributed by atoms with Gasteiger partial charge in [-0.15, -0.1) is 0 Å². The predicted octanol–water partition coefficient (Wildman–Crippen LogP) is 2.56. The van der Waals surface area contributed by atoms with Crippen LogP contribution in [-0.4, -0.2) is 31.0 Å². The molecule has 1 unspecified atom stereocenters. The SMILES string of the molecule is CC(Oc1ccccc1C(F)(F)F)C(=O)N(C)C. The second-order valence-corrected chi connectivity index (χ2v) is 3.99. The number of nitrogens with zero attached hydrogens (tertiary/aromatic N) is 1. The molecule has 0 saturated heterocycles. The number of hydrogen-bond acceptors (Lipinski definition) is 2. The molecule has 0 fully saturated rings. The highest BCUT2D eigenvalue weighted by atomic mass is 19.4. The Morgan fingerprint density at radius 1 is 1.28 bits per heavy atom. The van der Waals surface area contributed by atoms with Crippen molar-refractivity contribution < 1.29 is 22.7 Å². The quantitative estimate of drug-likeness (QED) is 0.837. The number of benzene rings is 1. The number of halogens is 3. The van der Waals surface area contributed by atoms with Crippen LogP contribution in [0.25, 0.3) is 0 Å². The lowest BCUT2D eigenvalue weighted by Gasteiger charge is -2.20. The molecule has 0 aliphatic rings. The molecule has 0 saturated carbocycles. The molecule has 0 heterocycles. The fourth-order valence-corrected chi connectivity index (χ4v) is 1.41. The molecular formula is C12H14F3NO2. The highest BCUT2D eigenvalue weighted by Gasteiger charge is 2.34. The highest BCUT2D eigenvalue weighted by Crippen LogP contribution is 2.36. The molecule has 0 aliphatic carbocycles. The van der Waals surface area contributed by atoms with Crippen molar-refractivity contribution in [3.05, 3.63) is 29.8 Å². The van der Waals surface area contributed by atoms with Crippen LogP contribution < -0.4 is 4.74 Å². The summed E-state index contributed by atoms with van der Waals surface area (Å²) < 4.78 is 43.1. The Hall–Kier alpha value is -1.72. The summed E-state index contributed by atoms with van der Waals surface area (Å²) in [6.07, 6.45) is -5.47. The lowest BCUT2D eigenvalue weighted by Crippen LogP contribution is -2.35. The average Bonchev–Trinajstić information content (AvgIpc) is 2.27. The van der Waals surface area contributed by atoms with Gasteiger partial charge in [-0.25, -0.2) is 0 Å². The standard InChI is InChI=1S/C12H14F3NO2/c1-8(11(17)16(2)3)18-10-7-5-4-6-9(10)12(13,14)15/h4-8H,1-3H3. The molecule has 1 rings (SSSR count). The maximum atomic E-state index is 12.7. The van der Waals surface area contributed by atoms with Crippen LogP contribution in [0.15, 0.2) is 24.3 Å². The van der Waals surface area contributed by atoms with Crippen molar-refractivity contribution >= 4 is 5.91 Å². The zero-order valence-electron chi connectivity index (χ0n) is 10.3. The van der Waals surface area contributed by atoms with Crippen molar-refractivity contribution in [1.29, 1.82) is 0 Å². The largest absolute Gasteiger partial charge is 0.480 e. The van der Waals surface area contributed by atoms with E-state index >= 15 is 0 Å². The average molecular weight is 261 g/mol. The highest BCUT2D eigenvalue weighted by molar-refractivity contribution is 5.80. The van der Waals surface area contributed by atoms with Crippen molar-refractivity contribution in [1.82, 2.24) is 4.90 Å². The van der Waals surface area contributed by atoms with Gasteiger partial charge in [-0.1, -0.05) is 12.1 Å². The molecule has 0 radical (unpaired) electrons. The van der Waals surface area contributed by atoms with Gasteiger partial charge in [0.1, 0.15) is 5.75 Å². The monoisotopic (exact) mass is 261 g/mol. The summed E-state index contributed by atoms with van der Waals surface area (Å²) in [7, 11) is 3.02. The van der Waals surface area contributed by atoms with Crippen molar-refractivity contribution in [3.8, 4) is 5.75 Å². The van der Waals surface area contributed by atoms with Crippen molar-refractivity contribution in [2.45, 2.75) is 19.2 Å². The molecule has 0 spiro atoms. The first-order chi connectivity index (χ1) is 8.23. The van der Waals surface area contributed by atoms with Gasteiger partial charge in [-0.2, -0.15) is 13.2 Å². The minimum atomic E-state index is -4.50. The van der Waals surface area contributed by atoms with Crippen LogP contribution in [0.5, 0.6) is 5.75 Å². The Balaban J connectivity index is 2.95. The zero-order valence-corrected chi connectivity index (χ0v) is 10.3. The van der Waals surface area contributed by atoms with Crippen LogP contribution in [0.1, 0.15) is 12.5 Å². The molecule has 1 aromatic carbocycles. The first-order valence-electron chi connectivity index (χ1n) is 5.27. The number of hydrogen-bond donors (Lipinski definition) is 0. The Kier molecular flexibility index (Phi) is 4.21. The lowest BCUT2D eigenvalue weighted by atomic mass is 10.2. The summed E-state index contributed by atoms with van der Waals surface area (Å²) in [5.41, 5.74) is -0.886. The van der Waals surface area contributed by atoms with Gasteiger partial charge in [0.15, 0.2) is 6.10 Å². The number of ether oxygens (including phenoxy) is 1. The smallest absolute Gasteiger partial charge is 0.419 e. The molecule has 0 N–H and O–H groups in total. The van der Waals surface area contributed by atoms with Crippen molar-refractivity contribution in [2.75, 3.05) is 14.1 Å². The lowest BCUT2D eigenvalue weighted by molar-refractivity contribution is -0.142. The molecule has 6 heteroatoms. The Bertz CT molecular complexity index is 430. The third-order valence-electron chi connectivity index (χ3n) is 2.28. The summed E-state index contributed by atoms with van der Waals surface area (Å²) in [6.45, 7) is 1.41. The minimum absolute atomic E-state index is 0.340.